The van der Waals surface area contributed by atoms with E-state index in [1.165, 1.54) is 38.5 Å². The molecule has 2 aromatic heterocycles. The summed E-state index contributed by atoms with van der Waals surface area (Å²) < 4.78 is 7.28. The van der Waals surface area contributed by atoms with Crippen molar-refractivity contribution in [2.75, 3.05) is 13.7 Å². The van der Waals surface area contributed by atoms with Gasteiger partial charge >= 0.3 is 0 Å². The number of nitrogens with zero attached hydrogens (tertiary/aromatic N) is 5. The van der Waals surface area contributed by atoms with E-state index in [9.17, 15) is 4.79 Å². The molecule has 3 aliphatic rings. The Morgan fingerprint density at radius 2 is 1.89 bits per heavy atom. The minimum atomic E-state index is 0.331. The van der Waals surface area contributed by atoms with Crippen LogP contribution in [0.2, 0.25) is 5.02 Å². The zero-order valence-corrected chi connectivity index (χ0v) is 22.8. The number of hydrogen-bond donors (Lipinski definition) is 0. The molecule has 0 spiro atoms. The Bertz CT molecular complexity index is 1270. The van der Waals surface area contributed by atoms with Crippen LogP contribution in [0.25, 0.3) is 22.8 Å². The third-order valence-electron chi connectivity index (χ3n) is 8.98. The van der Waals surface area contributed by atoms with E-state index in [4.69, 9.17) is 26.4 Å². The third-order valence-corrected chi connectivity index (χ3v) is 9.28. The van der Waals surface area contributed by atoms with Crippen LogP contribution in [0.4, 0.5) is 0 Å². The molecule has 3 aromatic rings. The molecule has 1 aromatic carbocycles. The van der Waals surface area contributed by atoms with Crippen molar-refractivity contribution >= 4 is 17.5 Å². The topological polar surface area (TPSA) is 73.1 Å². The molecule has 2 bridgehead atoms. The summed E-state index contributed by atoms with van der Waals surface area (Å²) in [4.78, 5) is 24.9. The number of rotatable bonds is 9. The number of fused-ring (bicyclic) bond motifs is 2. The van der Waals surface area contributed by atoms with Gasteiger partial charge in [-0.15, -0.1) is 0 Å². The molecule has 7 nitrogen and oxygen atoms in total. The molecule has 0 aliphatic heterocycles. The van der Waals surface area contributed by atoms with Gasteiger partial charge in [0.2, 0.25) is 5.91 Å². The lowest BCUT2D eigenvalue weighted by atomic mass is 9.86. The standard InChI is InChI=1S/C30H36ClN5O2/c1-38-27-9-8-23(18-26(27)31)30-33-29(21-10-12-32-13-11-21)34-36(30)15-14-35(25-4-2-3-5-25)28(37)19-24-17-20-6-7-22(24)16-20/h8-13,18,20,22,24-25H,2-7,14-17,19H2,1H3/t20-,22+,24?/m1/s1. The molecule has 3 atom stereocenters. The minimum absolute atomic E-state index is 0.331. The molecule has 0 N–H and O–H groups in total. The summed E-state index contributed by atoms with van der Waals surface area (Å²) in [5, 5.41) is 5.41. The summed E-state index contributed by atoms with van der Waals surface area (Å²) in [6, 6.07) is 9.83. The van der Waals surface area contributed by atoms with Crippen LogP contribution in [0.3, 0.4) is 0 Å². The van der Waals surface area contributed by atoms with E-state index in [2.05, 4.69) is 9.88 Å². The Hall–Kier alpha value is -2.93. The average Bonchev–Trinajstić information content (AvgIpc) is 3.75. The molecule has 1 unspecified atom stereocenters. The maximum absolute atomic E-state index is 13.7. The Kier molecular flexibility index (Phi) is 7.37. The van der Waals surface area contributed by atoms with E-state index < -0.39 is 0 Å². The SMILES string of the molecule is COc1ccc(-c2nc(-c3ccncc3)nn2CCN(C(=O)CC2C[C@@H]3CC[C@H]2C3)C2CCCC2)cc1Cl. The fraction of sp³-hybridized carbons (Fsp3) is 0.533. The Balaban J connectivity index is 1.26. The molecule has 3 saturated carbocycles. The summed E-state index contributed by atoms with van der Waals surface area (Å²) in [5.74, 6) is 4.51. The van der Waals surface area contributed by atoms with Crippen LogP contribution in [0.15, 0.2) is 42.7 Å². The van der Waals surface area contributed by atoms with Gasteiger partial charge in [-0.3, -0.25) is 9.78 Å². The number of carbonyl (C=O) groups is 1. The second-order valence-corrected chi connectivity index (χ2v) is 11.6. The summed E-state index contributed by atoms with van der Waals surface area (Å²) >= 11 is 6.47. The lowest BCUT2D eigenvalue weighted by molar-refractivity contribution is -0.135. The molecular formula is C30H36ClN5O2. The van der Waals surface area contributed by atoms with Gasteiger partial charge in [0.15, 0.2) is 11.6 Å². The maximum Gasteiger partial charge on any atom is 0.223 e. The second kappa shape index (κ2) is 11.0. The quantitative estimate of drug-likeness (QED) is 0.324. The summed E-state index contributed by atoms with van der Waals surface area (Å²) in [7, 11) is 1.61. The predicted molar refractivity (Wildman–Crippen MR) is 148 cm³/mol. The molecule has 3 aliphatic carbocycles. The molecule has 8 heteroatoms. The Morgan fingerprint density at radius 3 is 2.58 bits per heavy atom. The van der Waals surface area contributed by atoms with Crippen molar-refractivity contribution in [3.63, 3.8) is 0 Å². The van der Waals surface area contributed by atoms with Gasteiger partial charge in [0.1, 0.15) is 5.75 Å². The number of amides is 1. The second-order valence-electron chi connectivity index (χ2n) is 11.2. The van der Waals surface area contributed by atoms with Gasteiger partial charge in [-0.2, -0.15) is 5.10 Å². The van der Waals surface area contributed by atoms with Crippen molar-refractivity contribution in [3.05, 3.63) is 47.7 Å². The molecule has 1 amide bonds. The Labute approximate surface area is 229 Å². The smallest absolute Gasteiger partial charge is 0.223 e. The summed E-state index contributed by atoms with van der Waals surface area (Å²) in [5.41, 5.74) is 1.77. The van der Waals surface area contributed by atoms with Gasteiger partial charge < -0.3 is 9.64 Å². The highest BCUT2D eigenvalue weighted by Gasteiger charge is 2.41. The number of carbonyl (C=O) groups excluding carboxylic acids is 1. The first-order chi connectivity index (χ1) is 18.6. The molecule has 0 radical (unpaired) electrons. The molecular weight excluding hydrogens is 498 g/mol. The number of methoxy groups -OCH3 is 1. The lowest BCUT2D eigenvalue weighted by Crippen LogP contribution is -2.42. The van der Waals surface area contributed by atoms with Crippen molar-refractivity contribution < 1.29 is 9.53 Å². The monoisotopic (exact) mass is 533 g/mol. The highest BCUT2D eigenvalue weighted by molar-refractivity contribution is 6.32. The first-order valence-corrected chi connectivity index (χ1v) is 14.5. The highest BCUT2D eigenvalue weighted by Crippen LogP contribution is 2.49. The number of benzene rings is 1. The van der Waals surface area contributed by atoms with Gasteiger partial charge in [-0.25, -0.2) is 9.67 Å². The fourth-order valence-electron chi connectivity index (χ4n) is 7.04. The molecule has 38 heavy (non-hydrogen) atoms. The predicted octanol–water partition coefficient (Wildman–Crippen LogP) is 6.27. The van der Waals surface area contributed by atoms with E-state index in [1.807, 2.05) is 35.0 Å². The van der Waals surface area contributed by atoms with E-state index in [0.29, 0.717) is 54.0 Å². The van der Waals surface area contributed by atoms with Gasteiger partial charge in [0, 0.05) is 42.5 Å². The molecule has 2 heterocycles. The minimum Gasteiger partial charge on any atom is -0.495 e. The zero-order valence-electron chi connectivity index (χ0n) is 22.1. The molecule has 3 fully saturated rings. The largest absolute Gasteiger partial charge is 0.495 e. The van der Waals surface area contributed by atoms with Crippen LogP contribution in [0, 0.1) is 17.8 Å². The van der Waals surface area contributed by atoms with Gasteiger partial charge in [-0.05, 0) is 80.2 Å². The normalized spacial score (nSPS) is 22.7. The van der Waals surface area contributed by atoms with E-state index in [1.54, 1.807) is 19.5 Å². The third kappa shape index (κ3) is 5.18. The van der Waals surface area contributed by atoms with Crippen molar-refractivity contribution in [2.45, 2.75) is 70.4 Å². The van der Waals surface area contributed by atoms with Crippen LogP contribution in [0.1, 0.15) is 57.8 Å². The fourth-order valence-corrected chi connectivity index (χ4v) is 7.30. The van der Waals surface area contributed by atoms with E-state index in [0.717, 1.165) is 41.6 Å². The highest BCUT2D eigenvalue weighted by atomic mass is 35.5. The number of aromatic nitrogens is 4. The summed E-state index contributed by atoms with van der Waals surface area (Å²) in [6.45, 7) is 1.22. The van der Waals surface area contributed by atoms with E-state index >= 15 is 0 Å². The van der Waals surface area contributed by atoms with Gasteiger partial charge in [-0.1, -0.05) is 30.9 Å². The number of ether oxygens (including phenoxy) is 1. The maximum atomic E-state index is 13.7. The average molecular weight is 534 g/mol. The summed E-state index contributed by atoms with van der Waals surface area (Å²) in [6.07, 6.45) is 14.1. The van der Waals surface area contributed by atoms with Crippen molar-refractivity contribution in [3.8, 4) is 28.5 Å². The van der Waals surface area contributed by atoms with Gasteiger partial charge in [0.05, 0.1) is 18.7 Å². The molecule has 0 saturated heterocycles. The van der Waals surface area contributed by atoms with Crippen molar-refractivity contribution in [2.24, 2.45) is 17.8 Å². The number of halogens is 1. The zero-order chi connectivity index (χ0) is 26.1. The van der Waals surface area contributed by atoms with Crippen LogP contribution < -0.4 is 4.74 Å². The van der Waals surface area contributed by atoms with Gasteiger partial charge in [0.25, 0.3) is 0 Å². The lowest BCUT2D eigenvalue weighted by Gasteiger charge is -2.31. The first-order valence-electron chi connectivity index (χ1n) is 14.1. The molecule has 200 valence electrons. The van der Waals surface area contributed by atoms with E-state index in [-0.39, 0.29) is 0 Å². The van der Waals surface area contributed by atoms with Crippen molar-refractivity contribution in [1.29, 1.82) is 0 Å². The van der Waals surface area contributed by atoms with Crippen LogP contribution in [-0.2, 0) is 11.3 Å². The van der Waals surface area contributed by atoms with Crippen molar-refractivity contribution in [1.82, 2.24) is 24.6 Å². The number of hydrogen-bond acceptors (Lipinski definition) is 5. The Morgan fingerprint density at radius 1 is 1.08 bits per heavy atom. The first kappa shape index (κ1) is 25.4. The molecule has 6 rings (SSSR count). The number of pyridine rings is 1. The van der Waals surface area contributed by atoms with Crippen LogP contribution in [-0.4, -0.2) is 50.3 Å². The van der Waals surface area contributed by atoms with Crippen LogP contribution in [0.5, 0.6) is 5.75 Å². The van der Waals surface area contributed by atoms with Crippen LogP contribution >= 0.6 is 11.6 Å².